The van der Waals surface area contributed by atoms with Gasteiger partial charge < -0.3 is 23.6 Å². The normalized spacial score (nSPS) is 28.5. The highest BCUT2D eigenvalue weighted by Gasteiger charge is 2.48. The fraction of sp³-hybridized carbons (Fsp3) is 1.00. The van der Waals surface area contributed by atoms with Gasteiger partial charge in [-0.05, 0) is 27.7 Å². The van der Waals surface area contributed by atoms with Crippen molar-refractivity contribution in [3.8, 4) is 0 Å². The fourth-order valence-electron chi connectivity index (χ4n) is 2.06. The summed E-state index contributed by atoms with van der Waals surface area (Å²) in [5.74, 6) is -0.695. The Kier molecular flexibility index (Phi) is 6.43. The topological polar surface area (TPSA) is 74.2 Å². The summed E-state index contributed by atoms with van der Waals surface area (Å²) in [4.78, 5) is 0. The second-order valence-electron chi connectivity index (χ2n) is 5.17. The van der Waals surface area contributed by atoms with E-state index in [-0.39, 0.29) is 24.9 Å². The molecule has 1 fully saturated rings. The van der Waals surface area contributed by atoms with Crippen LogP contribution in [-0.2, 0) is 23.1 Å². The van der Waals surface area contributed by atoms with Crippen molar-refractivity contribution in [1.29, 1.82) is 0 Å². The van der Waals surface area contributed by atoms with Crippen LogP contribution in [0.3, 0.4) is 0 Å². The van der Waals surface area contributed by atoms with Crippen molar-refractivity contribution in [2.75, 3.05) is 13.7 Å². The predicted octanol–water partition coefficient (Wildman–Crippen LogP) is 2.15. The average Bonchev–Trinajstić information content (AvgIpc) is 2.70. The van der Waals surface area contributed by atoms with Crippen molar-refractivity contribution in [3.63, 3.8) is 0 Å². The zero-order valence-electron chi connectivity index (χ0n) is 12.2. The Morgan fingerprint density at radius 3 is 2.11 bits per heavy atom. The van der Waals surface area contributed by atoms with E-state index in [0.29, 0.717) is 6.42 Å². The van der Waals surface area contributed by atoms with E-state index in [0.717, 1.165) is 0 Å². The molecule has 114 valence electrons. The van der Waals surface area contributed by atoms with E-state index in [4.69, 9.17) is 18.5 Å². The van der Waals surface area contributed by atoms with Crippen LogP contribution >= 0.6 is 7.60 Å². The summed E-state index contributed by atoms with van der Waals surface area (Å²) in [7, 11) is -1.86. The molecule has 1 aliphatic heterocycles. The summed E-state index contributed by atoms with van der Waals surface area (Å²) in [5.41, 5.74) is 0. The van der Waals surface area contributed by atoms with E-state index in [9.17, 15) is 9.67 Å². The molecule has 1 N–H and O–H groups in total. The van der Waals surface area contributed by atoms with Crippen LogP contribution in [0.25, 0.3) is 0 Å². The maximum atomic E-state index is 12.9. The van der Waals surface area contributed by atoms with Gasteiger partial charge in [0.2, 0.25) is 0 Å². The van der Waals surface area contributed by atoms with Crippen LogP contribution in [0.1, 0.15) is 34.1 Å². The Morgan fingerprint density at radius 2 is 1.79 bits per heavy atom. The van der Waals surface area contributed by atoms with Gasteiger partial charge in [-0.1, -0.05) is 0 Å². The van der Waals surface area contributed by atoms with Gasteiger partial charge in [0.15, 0.2) is 5.85 Å². The van der Waals surface area contributed by atoms with Crippen molar-refractivity contribution >= 4 is 7.60 Å². The van der Waals surface area contributed by atoms with Gasteiger partial charge in [0, 0.05) is 13.5 Å². The Balaban J connectivity index is 2.84. The molecular formula is C12H25O6P. The molecule has 0 saturated carbocycles. The second-order valence-corrected chi connectivity index (χ2v) is 7.25. The van der Waals surface area contributed by atoms with Gasteiger partial charge in [0.1, 0.15) is 6.10 Å². The Morgan fingerprint density at radius 1 is 1.26 bits per heavy atom. The van der Waals surface area contributed by atoms with Gasteiger partial charge in [0.05, 0.1) is 24.9 Å². The minimum absolute atomic E-state index is 0.182. The molecule has 3 unspecified atom stereocenters. The van der Waals surface area contributed by atoms with E-state index < -0.39 is 19.5 Å². The van der Waals surface area contributed by atoms with Crippen molar-refractivity contribution in [2.45, 2.75) is 64.4 Å². The summed E-state index contributed by atoms with van der Waals surface area (Å²) < 4.78 is 34.7. The monoisotopic (exact) mass is 296 g/mol. The van der Waals surface area contributed by atoms with E-state index in [1.807, 2.05) is 0 Å². The molecule has 0 aromatic carbocycles. The molecule has 6 nitrogen and oxygen atoms in total. The van der Waals surface area contributed by atoms with E-state index >= 15 is 0 Å². The van der Waals surface area contributed by atoms with Gasteiger partial charge in [-0.2, -0.15) is 0 Å². The minimum atomic E-state index is -3.39. The van der Waals surface area contributed by atoms with Gasteiger partial charge in [-0.25, -0.2) is 0 Å². The number of aliphatic hydroxyl groups excluding tert-OH is 1. The van der Waals surface area contributed by atoms with E-state index in [2.05, 4.69) is 0 Å². The van der Waals surface area contributed by atoms with Gasteiger partial charge in [0.25, 0.3) is 0 Å². The highest BCUT2D eigenvalue weighted by Crippen LogP contribution is 2.59. The number of rotatable bonds is 7. The SMILES string of the molecule is COC1CC(P(=O)(OC(C)C)OC(C)C)OC1CO. The van der Waals surface area contributed by atoms with Crippen LogP contribution in [0.2, 0.25) is 0 Å². The molecule has 7 heteroatoms. The van der Waals surface area contributed by atoms with Crippen molar-refractivity contribution < 1.29 is 28.2 Å². The van der Waals surface area contributed by atoms with Crippen LogP contribution in [0.5, 0.6) is 0 Å². The molecule has 0 amide bonds. The molecule has 1 rings (SSSR count). The maximum absolute atomic E-state index is 12.9. The number of hydrogen-bond acceptors (Lipinski definition) is 6. The van der Waals surface area contributed by atoms with Gasteiger partial charge >= 0.3 is 7.60 Å². The first-order chi connectivity index (χ1) is 8.82. The summed E-state index contributed by atoms with van der Waals surface area (Å²) in [6.07, 6.45) is -0.868. The van der Waals surface area contributed by atoms with Gasteiger partial charge in [-0.3, -0.25) is 4.57 Å². The Bertz CT molecular complexity index is 293. The van der Waals surface area contributed by atoms with Crippen LogP contribution in [0.4, 0.5) is 0 Å². The first-order valence-electron chi connectivity index (χ1n) is 6.58. The zero-order chi connectivity index (χ0) is 14.6. The molecule has 3 atom stereocenters. The largest absolute Gasteiger partial charge is 0.394 e. The predicted molar refractivity (Wildman–Crippen MR) is 71.2 cm³/mol. The third-order valence-corrected chi connectivity index (χ3v) is 5.20. The molecule has 1 saturated heterocycles. The molecule has 0 radical (unpaired) electrons. The zero-order valence-corrected chi connectivity index (χ0v) is 13.1. The molecule has 19 heavy (non-hydrogen) atoms. The summed E-state index contributed by atoms with van der Waals surface area (Å²) >= 11 is 0. The molecule has 1 heterocycles. The lowest BCUT2D eigenvalue weighted by Gasteiger charge is -2.27. The second kappa shape index (κ2) is 7.16. The lowest BCUT2D eigenvalue weighted by Crippen LogP contribution is -2.26. The maximum Gasteiger partial charge on any atom is 0.359 e. The number of hydrogen-bond donors (Lipinski definition) is 1. The molecular weight excluding hydrogens is 271 g/mol. The van der Waals surface area contributed by atoms with Crippen LogP contribution in [0, 0.1) is 0 Å². The van der Waals surface area contributed by atoms with Crippen molar-refractivity contribution in [1.82, 2.24) is 0 Å². The summed E-state index contributed by atoms with van der Waals surface area (Å²) in [6, 6.07) is 0. The number of methoxy groups -OCH3 is 1. The average molecular weight is 296 g/mol. The quantitative estimate of drug-likeness (QED) is 0.726. The Hall–Kier alpha value is 0.0300. The molecule has 0 bridgehead atoms. The van der Waals surface area contributed by atoms with Crippen LogP contribution in [0.15, 0.2) is 0 Å². The highest BCUT2D eigenvalue weighted by atomic mass is 31.2. The van der Waals surface area contributed by atoms with Crippen molar-refractivity contribution in [3.05, 3.63) is 0 Å². The molecule has 0 aromatic rings. The minimum Gasteiger partial charge on any atom is -0.394 e. The van der Waals surface area contributed by atoms with E-state index in [1.165, 1.54) is 7.11 Å². The lowest BCUT2D eigenvalue weighted by molar-refractivity contribution is -0.0273. The molecule has 1 aliphatic rings. The third-order valence-electron chi connectivity index (χ3n) is 2.73. The first kappa shape index (κ1) is 17.1. The van der Waals surface area contributed by atoms with Gasteiger partial charge in [-0.15, -0.1) is 0 Å². The Labute approximate surface area is 114 Å². The third kappa shape index (κ3) is 4.52. The van der Waals surface area contributed by atoms with Crippen molar-refractivity contribution in [2.24, 2.45) is 0 Å². The lowest BCUT2D eigenvalue weighted by atomic mass is 10.2. The fourth-order valence-corrected chi connectivity index (χ4v) is 4.32. The van der Waals surface area contributed by atoms with Crippen LogP contribution in [-0.4, -0.2) is 49.1 Å². The smallest absolute Gasteiger partial charge is 0.359 e. The number of aliphatic hydroxyl groups is 1. The molecule has 0 aromatic heterocycles. The summed E-state index contributed by atoms with van der Waals surface area (Å²) in [5, 5.41) is 9.24. The summed E-state index contributed by atoms with van der Waals surface area (Å²) in [6.45, 7) is 6.99. The first-order valence-corrected chi connectivity index (χ1v) is 8.19. The number of ether oxygens (including phenoxy) is 2. The van der Waals surface area contributed by atoms with E-state index in [1.54, 1.807) is 27.7 Å². The highest BCUT2D eigenvalue weighted by molar-refractivity contribution is 7.54. The molecule has 0 spiro atoms. The molecule has 0 aliphatic carbocycles. The van der Waals surface area contributed by atoms with Crippen LogP contribution < -0.4 is 0 Å². The standard InChI is InChI=1S/C12H25O6P/c1-8(2)17-19(14,18-9(3)4)12-6-10(15-5)11(7-13)16-12/h8-13H,6-7H2,1-5H3.